The average molecular weight is 196 g/mol. The molecule has 3 fully saturated rings. The molecule has 3 aliphatic rings. The summed E-state index contributed by atoms with van der Waals surface area (Å²) in [6.07, 6.45) is 2.54. The summed E-state index contributed by atoms with van der Waals surface area (Å²) in [6, 6.07) is 0. The van der Waals surface area contributed by atoms with Gasteiger partial charge in [0.05, 0.1) is 5.71 Å². The number of fused-ring (bicyclic) bond motifs is 3. The molecule has 0 aromatic carbocycles. The lowest BCUT2D eigenvalue weighted by molar-refractivity contribution is -0.00237. The van der Waals surface area contributed by atoms with E-state index in [1.54, 1.807) is 0 Å². The average Bonchev–Trinajstić information content (AvgIpc) is 2.16. The van der Waals surface area contributed by atoms with Crippen molar-refractivity contribution in [2.75, 3.05) is 19.6 Å². The minimum Gasteiger partial charge on any atom is -0.390 e. The maximum Gasteiger partial charge on any atom is 0.129 e. The summed E-state index contributed by atoms with van der Waals surface area (Å²) in [7, 11) is 0. The molecule has 0 amide bonds. The first-order valence-electron chi connectivity index (χ1n) is 5.52. The first-order chi connectivity index (χ1) is 6.54. The van der Waals surface area contributed by atoms with E-state index in [1.807, 2.05) is 20.8 Å². The molecule has 0 atom stereocenters. The lowest BCUT2D eigenvalue weighted by Gasteiger charge is -2.39. The third-order valence-electron chi connectivity index (χ3n) is 2.88. The molecular weight excluding hydrogens is 176 g/mol. The summed E-state index contributed by atoms with van der Waals surface area (Å²) in [5.41, 5.74) is 1.11. The zero-order valence-corrected chi connectivity index (χ0v) is 9.42. The van der Waals surface area contributed by atoms with E-state index in [4.69, 9.17) is 4.84 Å². The number of nitrogens with zero attached hydrogens (tertiary/aromatic N) is 2. The molecule has 0 aromatic heterocycles. The molecule has 0 N–H and O–H groups in total. The summed E-state index contributed by atoms with van der Waals surface area (Å²) in [4.78, 5) is 7.95. The van der Waals surface area contributed by atoms with Crippen LogP contribution in [0.5, 0.6) is 0 Å². The van der Waals surface area contributed by atoms with Crippen LogP contribution in [0.4, 0.5) is 0 Å². The number of hydrogen-bond acceptors (Lipinski definition) is 3. The molecule has 0 aromatic rings. The second-order valence-corrected chi connectivity index (χ2v) is 5.34. The molecule has 3 saturated heterocycles. The van der Waals surface area contributed by atoms with Crippen LogP contribution >= 0.6 is 0 Å². The molecule has 80 valence electrons. The van der Waals surface area contributed by atoms with Crippen molar-refractivity contribution < 1.29 is 4.84 Å². The predicted octanol–water partition coefficient (Wildman–Crippen LogP) is 1.88. The van der Waals surface area contributed by atoms with Gasteiger partial charge in [-0.05, 0) is 46.7 Å². The van der Waals surface area contributed by atoms with Crippen LogP contribution in [0.25, 0.3) is 0 Å². The van der Waals surface area contributed by atoms with Crippen molar-refractivity contribution in [1.82, 2.24) is 4.90 Å². The summed E-state index contributed by atoms with van der Waals surface area (Å²) in [5.74, 6) is 0.697. The van der Waals surface area contributed by atoms with E-state index in [0.29, 0.717) is 5.92 Å². The van der Waals surface area contributed by atoms with Gasteiger partial charge in [-0.25, -0.2) is 0 Å². The van der Waals surface area contributed by atoms with Crippen LogP contribution < -0.4 is 0 Å². The van der Waals surface area contributed by atoms with Crippen molar-refractivity contribution >= 4 is 5.71 Å². The van der Waals surface area contributed by atoms with Crippen LogP contribution in [0.15, 0.2) is 5.16 Å². The summed E-state index contributed by atoms with van der Waals surface area (Å²) in [5, 5.41) is 4.31. The normalized spacial score (nSPS) is 34.9. The van der Waals surface area contributed by atoms with Crippen LogP contribution in [-0.2, 0) is 4.84 Å². The highest BCUT2D eigenvalue weighted by Gasteiger charge is 2.31. The summed E-state index contributed by atoms with van der Waals surface area (Å²) < 4.78 is 0. The number of rotatable bonds is 1. The Bertz CT molecular complexity index is 234. The second kappa shape index (κ2) is 3.54. The van der Waals surface area contributed by atoms with E-state index in [0.717, 1.165) is 6.54 Å². The summed E-state index contributed by atoms with van der Waals surface area (Å²) >= 11 is 0. The van der Waals surface area contributed by atoms with Crippen molar-refractivity contribution in [3.05, 3.63) is 0 Å². The third kappa shape index (κ3) is 2.27. The minimum absolute atomic E-state index is 0.154. The monoisotopic (exact) mass is 196 g/mol. The van der Waals surface area contributed by atoms with Crippen molar-refractivity contribution in [3.8, 4) is 0 Å². The maximum atomic E-state index is 5.48. The Kier molecular flexibility index (Phi) is 2.52. The maximum absolute atomic E-state index is 5.48. The molecule has 2 bridgehead atoms. The highest BCUT2D eigenvalue weighted by Crippen LogP contribution is 2.25. The lowest BCUT2D eigenvalue weighted by Crippen LogP contribution is -2.48. The van der Waals surface area contributed by atoms with Crippen LogP contribution in [0.1, 0.15) is 33.6 Å². The first-order valence-corrected chi connectivity index (χ1v) is 5.52. The molecule has 3 rings (SSSR count). The van der Waals surface area contributed by atoms with Gasteiger partial charge in [0.15, 0.2) is 0 Å². The van der Waals surface area contributed by atoms with Gasteiger partial charge >= 0.3 is 0 Å². The van der Waals surface area contributed by atoms with Crippen molar-refractivity contribution in [1.29, 1.82) is 0 Å². The molecule has 0 spiro atoms. The van der Waals surface area contributed by atoms with Gasteiger partial charge in [-0.15, -0.1) is 0 Å². The van der Waals surface area contributed by atoms with Gasteiger partial charge in [0, 0.05) is 12.5 Å². The van der Waals surface area contributed by atoms with Crippen LogP contribution in [-0.4, -0.2) is 35.8 Å². The number of piperidine rings is 3. The van der Waals surface area contributed by atoms with Gasteiger partial charge in [0.25, 0.3) is 0 Å². The Morgan fingerprint density at radius 2 is 1.93 bits per heavy atom. The molecule has 0 radical (unpaired) electrons. The summed E-state index contributed by atoms with van der Waals surface area (Å²) in [6.45, 7) is 9.65. The molecule has 3 nitrogen and oxygen atoms in total. The molecule has 0 aliphatic carbocycles. The third-order valence-corrected chi connectivity index (χ3v) is 2.88. The standard InChI is InChI=1S/C11H20N2O/c1-11(2,3)14-12-10-8-13-6-4-9(10)5-7-13/h9H,4-8H2,1-3H3/b12-10-. The zero-order valence-electron chi connectivity index (χ0n) is 9.42. The van der Waals surface area contributed by atoms with E-state index >= 15 is 0 Å². The minimum atomic E-state index is -0.154. The topological polar surface area (TPSA) is 24.8 Å². The zero-order chi connectivity index (χ0) is 10.2. The molecule has 3 heteroatoms. The highest BCUT2D eigenvalue weighted by molar-refractivity contribution is 5.89. The van der Waals surface area contributed by atoms with Crippen molar-refractivity contribution in [2.24, 2.45) is 11.1 Å². The Balaban J connectivity index is 1.98. The fourth-order valence-corrected chi connectivity index (χ4v) is 2.08. The Labute approximate surface area is 86.1 Å². The second-order valence-electron chi connectivity index (χ2n) is 5.34. The van der Waals surface area contributed by atoms with Crippen LogP contribution in [0.3, 0.4) is 0 Å². The quantitative estimate of drug-likeness (QED) is 0.598. The molecule has 3 aliphatic heterocycles. The van der Waals surface area contributed by atoms with Crippen LogP contribution in [0.2, 0.25) is 0 Å². The van der Waals surface area contributed by atoms with E-state index < -0.39 is 0 Å². The Morgan fingerprint density at radius 3 is 2.36 bits per heavy atom. The lowest BCUT2D eigenvalue weighted by atomic mass is 9.87. The van der Waals surface area contributed by atoms with Gasteiger partial charge in [0.1, 0.15) is 5.60 Å². The van der Waals surface area contributed by atoms with Gasteiger partial charge in [0.2, 0.25) is 0 Å². The van der Waals surface area contributed by atoms with Gasteiger partial charge in [-0.3, -0.25) is 4.90 Å². The number of oxime groups is 1. The van der Waals surface area contributed by atoms with Crippen molar-refractivity contribution in [2.45, 2.75) is 39.2 Å². The van der Waals surface area contributed by atoms with E-state index in [1.165, 1.54) is 31.6 Å². The molecule has 3 heterocycles. The Morgan fingerprint density at radius 1 is 1.29 bits per heavy atom. The van der Waals surface area contributed by atoms with E-state index in [-0.39, 0.29) is 5.60 Å². The largest absolute Gasteiger partial charge is 0.390 e. The van der Waals surface area contributed by atoms with Crippen LogP contribution in [0, 0.1) is 5.92 Å². The number of hydrogen-bond donors (Lipinski definition) is 0. The SMILES string of the molecule is CC(C)(C)O/N=C1/CN2CCC1CC2. The predicted molar refractivity (Wildman–Crippen MR) is 57.4 cm³/mol. The Hall–Kier alpha value is -0.570. The molecule has 0 unspecified atom stereocenters. The first kappa shape index (κ1) is 9.97. The van der Waals surface area contributed by atoms with Gasteiger partial charge < -0.3 is 4.84 Å². The van der Waals surface area contributed by atoms with Gasteiger partial charge in [-0.2, -0.15) is 0 Å². The molecule has 0 saturated carbocycles. The fraction of sp³-hybridized carbons (Fsp3) is 0.909. The highest BCUT2D eigenvalue weighted by atomic mass is 16.6. The fourth-order valence-electron chi connectivity index (χ4n) is 2.08. The molecular formula is C11H20N2O. The molecule has 14 heavy (non-hydrogen) atoms. The van der Waals surface area contributed by atoms with E-state index in [9.17, 15) is 0 Å². The van der Waals surface area contributed by atoms with Gasteiger partial charge in [-0.1, -0.05) is 5.16 Å². The van der Waals surface area contributed by atoms with E-state index in [2.05, 4.69) is 10.1 Å². The van der Waals surface area contributed by atoms with Crippen molar-refractivity contribution in [3.63, 3.8) is 0 Å². The smallest absolute Gasteiger partial charge is 0.129 e.